The molecule has 184 valence electrons. The number of halogens is 2. The molecule has 3 aromatic rings. The summed E-state index contributed by atoms with van der Waals surface area (Å²) in [7, 11) is -3.73. The molecule has 2 aromatic carbocycles. The molecule has 3 fully saturated rings. The third-order valence-electron chi connectivity index (χ3n) is 7.91. The van der Waals surface area contributed by atoms with E-state index in [1.54, 1.807) is 24.8 Å². The third kappa shape index (κ3) is 3.83. The first-order valence-corrected chi connectivity index (χ1v) is 13.5. The van der Waals surface area contributed by atoms with E-state index in [4.69, 9.17) is 0 Å². The van der Waals surface area contributed by atoms with Crippen LogP contribution in [0.15, 0.2) is 55.1 Å². The standard InChI is InChI=1S/C25H27F2N5O2S/c1-16-7-8-24(17-5-3-2-4-6-17)35(33,34)32(16)11-18-9-22(27)23(10-21(18)26)30-12-19-20(13-30)25(19)31-14-28-29-15-31/h2-6,9-10,14-16,19-20,24-25H,7-8,11-13H2,1H3/t16-,19-,20+,24+,25?/m0/s1. The fraction of sp³-hybridized carbons (Fsp3) is 0.440. The number of hydrogen-bond donors (Lipinski definition) is 0. The van der Waals surface area contributed by atoms with Gasteiger partial charge in [-0.25, -0.2) is 17.2 Å². The third-order valence-corrected chi connectivity index (χ3v) is 10.3. The molecular weight excluding hydrogens is 472 g/mol. The molecular formula is C25H27F2N5O2S. The SMILES string of the molecule is C[C@H]1CC[C@H](c2ccccc2)S(=O)(=O)N1Cc1cc(F)c(N2C[C@@H]3C(n4cnnc4)[C@@H]3C2)cc1F. The number of hydrogen-bond acceptors (Lipinski definition) is 5. The summed E-state index contributed by atoms with van der Waals surface area (Å²) < 4.78 is 60.6. The number of benzene rings is 2. The van der Waals surface area contributed by atoms with Crippen LogP contribution in [0.3, 0.4) is 0 Å². The van der Waals surface area contributed by atoms with Gasteiger partial charge in [0.2, 0.25) is 10.0 Å². The fourth-order valence-electron chi connectivity index (χ4n) is 5.96. The van der Waals surface area contributed by atoms with Crippen molar-refractivity contribution in [1.82, 2.24) is 19.1 Å². The topological polar surface area (TPSA) is 71.3 Å². The molecule has 1 saturated carbocycles. The van der Waals surface area contributed by atoms with E-state index in [0.29, 0.717) is 43.8 Å². The molecule has 3 heterocycles. The smallest absolute Gasteiger partial charge is 0.221 e. The lowest BCUT2D eigenvalue weighted by atomic mass is 10.0. The quantitative estimate of drug-likeness (QED) is 0.532. The van der Waals surface area contributed by atoms with Crippen LogP contribution in [-0.4, -0.2) is 46.6 Å². The number of sulfonamides is 1. The van der Waals surface area contributed by atoms with Crippen molar-refractivity contribution >= 4 is 15.7 Å². The summed E-state index contributed by atoms with van der Waals surface area (Å²) in [6, 6.07) is 11.5. The molecule has 0 bridgehead atoms. The summed E-state index contributed by atoms with van der Waals surface area (Å²) in [5, 5.41) is 7.02. The van der Waals surface area contributed by atoms with Crippen LogP contribution in [0.2, 0.25) is 0 Å². The molecule has 0 spiro atoms. The number of aromatic nitrogens is 3. The van der Waals surface area contributed by atoms with E-state index in [0.717, 1.165) is 5.56 Å². The monoisotopic (exact) mass is 499 g/mol. The molecule has 0 N–H and O–H groups in total. The van der Waals surface area contributed by atoms with Crippen molar-refractivity contribution in [3.8, 4) is 0 Å². The highest BCUT2D eigenvalue weighted by molar-refractivity contribution is 7.89. The highest BCUT2D eigenvalue weighted by Gasteiger charge is 2.57. The average molecular weight is 500 g/mol. The summed E-state index contributed by atoms with van der Waals surface area (Å²) in [5.74, 6) is -0.378. The molecule has 6 rings (SSSR count). The average Bonchev–Trinajstić information content (AvgIpc) is 3.21. The van der Waals surface area contributed by atoms with Gasteiger partial charge in [-0.3, -0.25) is 0 Å². The van der Waals surface area contributed by atoms with Crippen LogP contribution < -0.4 is 4.90 Å². The first-order chi connectivity index (χ1) is 16.8. The van der Waals surface area contributed by atoms with E-state index in [1.165, 1.54) is 16.4 Å². The Balaban J connectivity index is 1.20. The van der Waals surface area contributed by atoms with Gasteiger partial charge in [0.25, 0.3) is 0 Å². The Bertz CT molecular complexity index is 1320. The Kier molecular flexibility index (Phi) is 5.41. The number of fused-ring (bicyclic) bond motifs is 1. The Labute approximate surface area is 203 Å². The minimum absolute atomic E-state index is 0.0575. The molecule has 35 heavy (non-hydrogen) atoms. The van der Waals surface area contributed by atoms with Crippen molar-refractivity contribution in [2.24, 2.45) is 11.8 Å². The van der Waals surface area contributed by atoms with Crippen LogP contribution in [0, 0.1) is 23.5 Å². The molecule has 0 radical (unpaired) electrons. The van der Waals surface area contributed by atoms with Crippen LogP contribution in [0.5, 0.6) is 0 Å². The van der Waals surface area contributed by atoms with Gasteiger partial charge in [0.05, 0.1) is 5.69 Å². The number of nitrogens with zero attached hydrogens (tertiary/aromatic N) is 5. The van der Waals surface area contributed by atoms with E-state index in [2.05, 4.69) is 10.2 Å². The number of piperidine rings is 1. The maximum atomic E-state index is 15.2. The molecule has 10 heteroatoms. The van der Waals surface area contributed by atoms with Gasteiger partial charge < -0.3 is 9.47 Å². The van der Waals surface area contributed by atoms with Crippen molar-refractivity contribution in [2.45, 2.75) is 43.6 Å². The first-order valence-electron chi connectivity index (χ1n) is 12.0. The zero-order valence-electron chi connectivity index (χ0n) is 19.3. The van der Waals surface area contributed by atoms with Gasteiger partial charge in [0.1, 0.15) is 29.5 Å². The zero-order valence-corrected chi connectivity index (χ0v) is 20.2. The Morgan fingerprint density at radius 2 is 1.66 bits per heavy atom. The van der Waals surface area contributed by atoms with Crippen LogP contribution >= 0.6 is 0 Å². The van der Waals surface area contributed by atoms with E-state index in [-0.39, 0.29) is 23.8 Å². The van der Waals surface area contributed by atoms with Gasteiger partial charge in [0.15, 0.2) is 0 Å². The van der Waals surface area contributed by atoms with Gasteiger partial charge >= 0.3 is 0 Å². The molecule has 2 aliphatic heterocycles. The summed E-state index contributed by atoms with van der Waals surface area (Å²) in [5.41, 5.74) is 1.02. The lowest BCUT2D eigenvalue weighted by Crippen LogP contribution is -2.44. The Hall–Kier alpha value is -2.85. The summed E-state index contributed by atoms with van der Waals surface area (Å²) in [6.45, 7) is 2.92. The Morgan fingerprint density at radius 3 is 2.34 bits per heavy atom. The zero-order chi connectivity index (χ0) is 24.3. The fourth-order valence-corrected chi connectivity index (χ4v) is 8.15. The largest absolute Gasteiger partial charge is 0.368 e. The summed E-state index contributed by atoms with van der Waals surface area (Å²) >= 11 is 0. The molecule has 2 saturated heterocycles. The molecule has 5 atom stereocenters. The maximum Gasteiger partial charge on any atom is 0.221 e. The minimum atomic E-state index is -3.73. The second kappa shape index (κ2) is 8.37. The van der Waals surface area contributed by atoms with E-state index < -0.39 is 26.9 Å². The van der Waals surface area contributed by atoms with Crippen LogP contribution in [-0.2, 0) is 16.6 Å². The normalized spacial score (nSPS) is 29.8. The van der Waals surface area contributed by atoms with Crippen molar-refractivity contribution in [3.63, 3.8) is 0 Å². The van der Waals surface area contributed by atoms with Crippen LogP contribution in [0.25, 0.3) is 0 Å². The lowest BCUT2D eigenvalue weighted by molar-refractivity contribution is 0.279. The van der Waals surface area contributed by atoms with E-state index in [9.17, 15) is 8.42 Å². The first kappa shape index (κ1) is 22.6. The highest BCUT2D eigenvalue weighted by atomic mass is 32.2. The van der Waals surface area contributed by atoms with Gasteiger partial charge in [0, 0.05) is 55.2 Å². The predicted octanol–water partition coefficient (Wildman–Crippen LogP) is 3.92. The van der Waals surface area contributed by atoms with Gasteiger partial charge in [-0.1, -0.05) is 30.3 Å². The van der Waals surface area contributed by atoms with Crippen molar-refractivity contribution in [2.75, 3.05) is 18.0 Å². The number of anilines is 1. The summed E-state index contributed by atoms with van der Waals surface area (Å²) in [4.78, 5) is 1.88. The van der Waals surface area contributed by atoms with Gasteiger partial charge in [-0.05, 0) is 31.4 Å². The minimum Gasteiger partial charge on any atom is -0.368 e. The van der Waals surface area contributed by atoms with Crippen LogP contribution in [0.1, 0.15) is 42.2 Å². The van der Waals surface area contributed by atoms with Crippen molar-refractivity contribution in [1.29, 1.82) is 0 Å². The molecule has 1 aromatic heterocycles. The van der Waals surface area contributed by atoms with Gasteiger partial charge in [-0.15, -0.1) is 10.2 Å². The highest BCUT2D eigenvalue weighted by Crippen LogP contribution is 2.56. The van der Waals surface area contributed by atoms with Crippen molar-refractivity contribution in [3.05, 3.63) is 77.9 Å². The van der Waals surface area contributed by atoms with Gasteiger partial charge in [-0.2, -0.15) is 4.31 Å². The van der Waals surface area contributed by atoms with Crippen molar-refractivity contribution < 1.29 is 17.2 Å². The second-order valence-electron chi connectivity index (χ2n) is 9.94. The molecule has 0 amide bonds. The maximum absolute atomic E-state index is 15.2. The molecule has 1 unspecified atom stereocenters. The lowest BCUT2D eigenvalue weighted by Gasteiger charge is -2.37. The molecule has 1 aliphatic carbocycles. The van der Waals surface area contributed by atoms with E-state index in [1.807, 2.05) is 34.6 Å². The predicted molar refractivity (Wildman–Crippen MR) is 127 cm³/mol. The number of rotatable bonds is 5. The van der Waals surface area contributed by atoms with E-state index >= 15 is 8.78 Å². The van der Waals surface area contributed by atoms with Crippen LogP contribution in [0.4, 0.5) is 14.5 Å². The summed E-state index contributed by atoms with van der Waals surface area (Å²) in [6.07, 6.45) is 4.55. The molecule has 7 nitrogen and oxygen atoms in total. The molecule has 3 aliphatic rings. The second-order valence-corrected chi connectivity index (χ2v) is 12.0. The Morgan fingerprint density at radius 1 is 0.971 bits per heavy atom.